The zero-order chi connectivity index (χ0) is 2.00. The Morgan fingerprint density at radius 1 is 0.750 bits per heavy atom. The molecule has 0 radical (unpaired) electrons. The summed E-state index contributed by atoms with van der Waals surface area (Å²) in [5, 5.41) is 0. The van der Waals surface area contributed by atoms with Crippen molar-refractivity contribution >= 4 is 78.9 Å². The molecule has 0 aliphatic carbocycles. The van der Waals surface area contributed by atoms with Gasteiger partial charge in [0.1, 0.15) is 0 Å². The van der Waals surface area contributed by atoms with Gasteiger partial charge in [-0.05, 0) is 0 Å². The molecule has 0 unspecified atom stereocenters. The minimum atomic E-state index is 0. The zero-order valence-corrected chi connectivity index (χ0v) is 9.44. The minimum Gasteiger partial charge on any atom is -0.295 e. The van der Waals surface area contributed by atoms with E-state index >= 15 is 0 Å². The van der Waals surface area contributed by atoms with Gasteiger partial charge in [0.15, 0.2) is 17.4 Å². The van der Waals surface area contributed by atoms with Crippen LogP contribution >= 0.6 is 61.5 Å². The van der Waals surface area contributed by atoms with E-state index in [2.05, 4.69) is 11.9 Å². The first-order valence-electron chi connectivity index (χ1n) is 0.169. The fourth-order valence-corrected chi connectivity index (χ4v) is 0. The maximum Gasteiger partial charge on any atom is 0.187 e. The predicted octanol–water partition coefficient (Wildman–Crippen LogP) is 0.633. The molecule has 0 heterocycles. The van der Waals surface area contributed by atoms with Gasteiger partial charge in [-0.3, -0.25) is 4.66 Å². The van der Waals surface area contributed by atoms with E-state index in [9.17, 15) is 0 Å². The smallest absolute Gasteiger partial charge is 0.187 e. The summed E-state index contributed by atoms with van der Waals surface area (Å²) in [6.45, 7) is 0. The molecule has 0 fully saturated rings. The third-order valence-corrected chi connectivity index (χ3v) is 0. The molecule has 0 aromatic heterocycles. The van der Waals surface area contributed by atoms with Crippen molar-refractivity contribution < 1.29 is 30.9 Å². The van der Waals surface area contributed by atoms with Crippen LogP contribution in [-0.2, 0) is 26.2 Å². The van der Waals surface area contributed by atoms with Crippen molar-refractivity contribution in [3.63, 3.8) is 0 Å². The molecule has 1 N–H and O–H groups in total. The summed E-state index contributed by atoms with van der Waals surface area (Å²) >= 11 is 3.64. The molecule has 0 saturated heterocycles. The van der Waals surface area contributed by atoms with Crippen LogP contribution in [0.1, 0.15) is 0 Å². The van der Waals surface area contributed by atoms with Crippen LogP contribution in [-0.4, -0.2) is 22.0 Å². The van der Waals surface area contributed by atoms with Gasteiger partial charge in [0.05, 0.1) is 11.9 Å². The second kappa shape index (κ2) is 95.9. The van der Waals surface area contributed by atoms with E-state index in [1.54, 1.807) is 0 Å². The summed E-state index contributed by atoms with van der Waals surface area (Å²) in [5.41, 5.74) is 0. The average Bonchev–Trinajstić information content (AvgIpc) is 1.00. The normalized spacial score (nSPS) is 0.750. The second-order valence-electron chi connectivity index (χ2n) is 0. The Morgan fingerprint density at radius 3 is 0.750 bits per heavy atom. The Labute approximate surface area is 108 Å². The molecule has 0 rings (SSSR count). The topological polar surface area (TPSA) is 20.2 Å². The van der Waals surface area contributed by atoms with E-state index < -0.39 is 0 Å². The number of rotatable bonds is 0. The molecule has 8 heteroatoms. The predicted molar refractivity (Wildman–Crippen MR) is 47.0 cm³/mol. The van der Waals surface area contributed by atoms with E-state index in [0.717, 1.165) is 0 Å². The molecule has 0 saturated carbocycles. The molecule has 0 aromatic carbocycles. The van der Waals surface area contributed by atoms with Crippen molar-refractivity contribution in [3.8, 4) is 0 Å². The van der Waals surface area contributed by atoms with Crippen LogP contribution in [0.15, 0.2) is 0 Å². The maximum atomic E-state index is 6.47. The van der Waals surface area contributed by atoms with Crippen molar-refractivity contribution in [2.24, 2.45) is 0 Å². The van der Waals surface area contributed by atoms with Gasteiger partial charge < -0.3 is 0 Å². The standard InChI is InChI=1S/Al.ClHO.4ClH.Zr.3H/c;1-2;;;;;;;;/h;2H;4*1H;;;;. The monoisotopic (exact) mass is 316 g/mol. The number of halogens is 5. The summed E-state index contributed by atoms with van der Waals surface area (Å²) in [4.78, 5) is 0. The SMILES string of the molecule is Cl.Cl.Cl.Cl.OCl.[AlH3].[Zr]. The molecular formula is H8AlCl5OZr. The summed E-state index contributed by atoms with van der Waals surface area (Å²) < 4.78 is 6.47. The van der Waals surface area contributed by atoms with Crippen LogP contribution in [0.3, 0.4) is 0 Å². The van der Waals surface area contributed by atoms with E-state index in [4.69, 9.17) is 4.66 Å². The molecule has 56 valence electrons. The van der Waals surface area contributed by atoms with Crippen LogP contribution in [0, 0.1) is 0 Å². The van der Waals surface area contributed by atoms with Gasteiger partial charge in [-0.1, -0.05) is 0 Å². The van der Waals surface area contributed by atoms with E-state index in [-0.39, 0.29) is 93.2 Å². The molecule has 0 aromatic rings. The van der Waals surface area contributed by atoms with Crippen molar-refractivity contribution in [1.29, 1.82) is 0 Å². The largest absolute Gasteiger partial charge is 0.295 e. The Morgan fingerprint density at radius 2 is 0.750 bits per heavy atom. The molecule has 0 amide bonds. The first kappa shape index (κ1) is 71.4. The Balaban J connectivity index is -0.000000000333. The van der Waals surface area contributed by atoms with Crippen LogP contribution in [0.4, 0.5) is 0 Å². The summed E-state index contributed by atoms with van der Waals surface area (Å²) in [5.74, 6) is 0. The molecular weight excluding hydrogens is 311 g/mol. The van der Waals surface area contributed by atoms with Crippen LogP contribution < -0.4 is 0 Å². The van der Waals surface area contributed by atoms with E-state index in [1.165, 1.54) is 0 Å². The molecule has 0 aliphatic rings. The quantitative estimate of drug-likeness (QED) is 0.650. The zero-order valence-electron chi connectivity index (χ0n) is 2.96. The van der Waals surface area contributed by atoms with Crippen LogP contribution in [0.2, 0.25) is 0 Å². The first-order valence-corrected chi connectivity index (χ1v) is 0.507. The summed E-state index contributed by atoms with van der Waals surface area (Å²) in [6.07, 6.45) is 0. The van der Waals surface area contributed by atoms with Crippen LogP contribution in [0.25, 0.3) is 0 Å². The Kier molecular flexibility index (Phi) is 856. The van der Waals surface area contributed by atoms with Gasteiger partial charge in [0.2, 0.25) is 0 Å². The minimum absolute atomic E-state index is 0. The summed E-state index contributed by atoms with van der Waals surface area (Å²) in [7, 11) is 0. The fourth-order valence-electron chi connectivity index (χ4n) is 0. The van der Waals surface area contributed by atoms with Gasteiger partial charge in [-0.2, -0.15) is 0 Å². The van der Waals surface area contributed by atoms with Gasteiger partial charge in [0.25, 0.3) is 0 Å². The maximum absolute atomic E-state index is 6.47. The summed E-state index contributed by atoms with van der Waals surface area (Å²) in [6, 6.07) is 0. The molecule has 0 spiro atoms. The molecule has 1 nitrogen and oxygen atoms in total. The van der Waals surface area contributed by atoms with Crippen molar-refractivity contribution in [2.75, 3.05) is 0 Å². The van der Waals surface area contributed by atoms with Gasteiger partial charge in [-0.15, -0.1) is 49.6 Å². The second-order valence-corrected chi connectivity index (χ2v) is 0. The third kappa shape index (κ3) is 67.7. The van der Waals surface area contributed by atoms with Crippen molar-refractivity contribution in [1.82, 2.24) is 0 Å². The van der Waals surface area contributed by atoms with Crippen LogP contribution in [0.5, 0.6) is 0 Å². The van der Waals surface area contributed by atoms with Crippen molar-refractivity contribution in [2.45, 2.75) is 0 Å². The van der Waals surface area contributed by atoms with Crippen molar-refractivity contribution in [3.05, 3.63) is 0 Å². The Bertz CT molecular complexity index is 12.4. The fraction of sp³-hybridized carbons (Fsp3) is 0. The first-order chi connectivity index (χ1) is 1.00. The molecule has 0 aliphatic heterocycles. The molecule has 0 bridgehead atoms. The van der Waals surface area contributed by atoms with Gasteiger partial charge in [-0.25, -0.2) is 0 Å². The van der Waals surface area contributed by atoms with Gasteiger partial charge in [0, 0.05) is 26.2 Å². The Hall–Kier alpha value is 2.83. The average molecular weight is 320 g/mol. The van der Waals surface area contributed by atoms with Gasteiger partial charge >= 0.3 is 0 Å². The molecule has 8 heavy (non-hydrogen) atoms. The van der Waals surface area contributed by atoms with E-state index in [1.807, 2.05) is 0 Å². The number of hydrogen-bond donors (Lipinski definition) is 1. The third-order valence-electron chi connectivity index (χ3n) is 0. The number of hydrogen-bond acceptors (Lipinski definition) is 1. The van der Waals surface area contributed by atoms with E-state index in [0.29, 0.717) is 0 Å². The molecule has 0 atom stereocenters.